The molecule has 1 saturated heterocycles. The Morgan fingerprint density at radius 2 is 1.91 bits per heavy atom. The lowest BCUT2D eigenvalue weighted by atomic mass is 10.0. The van der Waals surface area contributed by atoms with Gasteiger partial charge in [0.15, 0.2) is 5.82 Å². The second-order valence-corrected chi connectivity index (χ2v) is 8.00. The van der Waals surface area contributed by atoms with Gasteiger partial charge in [-0.3, -0.25) is 4.79 Å². The standard InChI is InChI=1S/C23H30N6O3/c1-3-24-23(31)25-18-7-5-17(6-8-18)21-26-20-15-29(16(2)30)11-9-19(20)22(27-21)28-10-4-13-32-14-12-28/h5-8H,3-4,9-15H2,1-2H3,(H2,24,25,31). The zero-order valence-corrected chi connectivity index (χ0v) is 18.7. The van der Waals surface area contributed by atoms with Gasteiger partial charge in [0.25, 0.3) is 0 Å². The van der Waals surface area contributed by atoms with Gasteiger partial charge in [-0.05, 0) is 44.0 Å². The number of hydrogen-bond acceptors (Lipinski definition) is 6. The van der Waals surface area contributed by atoms with E-state index in [1.54, 1.807) is 6.92 Å². The van der Waals surface area contributed by atoms with Crippen molar-refractivity contribution >= 4 is 23.4 Å². The number of rotatable bonds is 4. The van der Waals surface area contributed by atoms with E-state index in [1.165, 1.54) is 0 Å². The van der Waals surface area contributed by atoms with Crippen LogP contribution in [0, 0.1) is 0 Å². The van der Waals surface area contributed by atoms with E-state index in [1.807, 2.05) is 36.1 Å². The first kappa shape index (κ1) is 22.0. The number of hydrogen-bond donors (Lipinski definition) is 2. The molecule has 0 radical (unpaired) electrons. The molecule has 9 heteroatoms. The molecule has 3 heterocycles. The van der Waals surface area contributed by atoms with Gasteiger partial charge in [0.2, 0.25) is 5.91 Å². The van der Waals surface area contributed by atoms with Crippen LogP contribution in [-0.2, 0) is 22.5 Å². The highest BCUT2D eigenvalue weighted by Gasteiger charge is 2.27. The molecule has 2 aliphatic heterocycles. The van der Waals surface area contributed by atoms with Gasteiger partial charge in [0, 0.05) is 56.5 Å². The van der Waals surface area contributed by atoms with Gasteiger partial charge in [-0.15, -0.1) is 0 Å². The molecule has 2 aliphatic rings. The lowest BCUT2D eigenvalue weighted by Gasteiger charge is -2.31. The SMILES string of the molecule is CCNC(=O)Nc1ccc(-c2nc3c(c(N4CCCOCC4)n2)CCN(C(C)=O)C3)cc1. The second kappa shape index (κ2) is 9.95. The lowest BCUT2D eigenvalue weighted by Crippen LogP contribution is -2.37. The lowest BCUT2D eigenvalue weighted by molar-refractivity contribution is -0.129. The number of nitrogens with zero attached hydrogens (tertiary/aromatic N) is 4. The molecule has 170 valence electrons. The fourth-order valence-corrected chi connectivity index (χ4v) is 4.07. The van der Waals surface area contributed by atoms with E-state index < -0.39 is 0 Å². The minimum absolute atomic E-state index is 0.0568. The number of anilines is 2. The van der Waals surface area contributed by atoms with Gasteiger partial charge in [0.1, 0.15) is 5.82 Å². The smallest absolute Gasteiger partial charge is 0.319 e. The largest absolute Gasteiger partial charge is 0.380 e. The van der Waals surface area contributed by atoms with E-state index in [2.05, 4.69) is 15.5 Å². The average molecular weight is 439 g/mol. The Hall–Kier alpha value is -3.20. The Morgan fingerprint density at radius 1 is 1.09 bits per heavy atom. The van der Waals surface area contributed by atoms with Crippen LogP contribution >= 0.6 is 0 Å². The van der Waals surface area contributed by atoms with Gasteiger partial charge in [-0.2, -0.15) is 0 Å². The molecule has 1 fully saturated rings. The molecule has 1 aromatic heterocycles. The van der Waals surface area contributed by atoms with E-state index in [-0.39, 0.29) is 11.9 Å². The number of ether oxygens (including phenoxy) is 1. The number of fused-ring (bicyclic) bond motifs is 1. The average Bonchev–Trinajstić information content (AvgIpc) is 3.08. The summed E-state index contributed by atoms with van der Waals surface area (Å²) in [4.78, 5) is 37.7. The second-order valence-electron chi connectivity index (χ2n) is 8.00. The van der Waals surface area contributed by atoms with Crippen molar-refractivity contribution in [2.75, 3.05) is 49.6 Å². The van der Waals surface area contributed by atoms with Gasteiger partial charge in [-0.1, -0.05) is 0 Å². The molecule has 9 nitrogen and oxygen atoms in total. The minimum atomic E-state index is -0.236. The molecular weight excluding hydrogens is 408 g/mol. The third-order valence-corrected chi connectivity index (χ3v) is 5.75. The molecule has 32 heavy (non-hydrogen) atoms. The van der Waals surface area contributed by atoms with Crippen LogP contribution in [0.2, 0.25) is 0 Å². The van der Waals surface area contributed by atoms with Crippen LogP contribution in [0.15, 0.2) is 24.3 Å². The van der Waals surface area contributed by atoms with Crippen LogP contribution in [0.25, 0.3) is 11.4 Å². The topological polar surface area (TPSA) is 99.7 Å². The summed E-state index contributed by atoms with van der Waals surface area (Å²) in [6, 6.07) is 7.26. The van der Waals surface area contributed by atoms with Gasteiger partial charge in [0.05, 0.1) is 18.8 Å². The van der Waals surface area contributed by atoms with Crippen LogP contribution in [0.5, 0.6) is 0 Å². The summed E-state index contributed by atoms with van der Waals surface area (Å²) in [5.41, 5.74) is 3.59. The van der Waals surface area contributed by atoms with E-state index in [9.17, 15) is 9.59 Å². The Morgan fingerprint density at radius 3 is 2.66 bits per heavy atom. The predicted octanol–water partition coefficient (Wildman–Crippen LogP) is 2.42. The molecule has 0 spiro atoms. The Bertz CT molecular complexity index is 970. The van der Waals surface area contributed by atoms with Crippen LogP contribution < -0.4 is 15.5 Å². The van der Waals surface area contributed by atoms with E-state index in [0.29, 0.717) is 37.8 Å². The molecule has 2 aromatic rings. The maximum Gasteiger partial charge on any atom is 0.319 e. The summed E-state index contributed by atoms with van der Waals surface area (Å²) in [5.74, 6) is 1.63. The van der Waals surface area contributed by atoms with E-state index >= 15 is 0 Å². The Kier molecular flexibility index (Phi) is 6.84. The zero-order valence-electron chi connectivity index (χ0n) is 18.7. The summed E-state index contributed by atoms with van der Waals surface area (Å²) in [6.45, 7) is 8.31. The van der Waals surface area contributed by atoms with Crippen LogP contribution in [0.3, 0.4) is 0 Å². The molecule has 2 N–H and O–H groups in total. The third kappa shape index (κ3) is 4.99. The van der Waals surface area contributed by atoms with Gasteiger partial charge >= 0.3 is 6.03 Å². The molecule has 0 aliphatic carbocycles. The number of carbonyl (C=O) groups excluding carboxylic acids is 2. The molecule has 0 bridgehead atoms. The van der Waals surface area contributed by atoms with Crippen LogP contribution in [0.4, 0.5) is 16.3 Å². The van der Waals surface area contributed by atoms with Crippen molar-refractivity contribution in [2.24, 2.45) is 0 Å². The quantitative estimate of drug-likeness (QED) is 0.761. The molecule has 0 atom stereocenters. The summed E-state index contributed by atoms with van der Waals surface area (Å²) < 4.78 is 5.64. The predicted molar refractivity (Wildman–Crippen MR) is 123 cm³/mol. The molecule has 0 saturated carbocycles. The summed E-state index contributed by atoms with van der Waals surface area (Å²) in [5, 5.41) is 5.52. The van der Waals surface area contributed by atoms with Crippen molar-refractivity contribution in [3.8, 4) is 11.4 Å². The Labute approximate surface area is 188 Å². The molecule has 4 rings (SSSR count). The van der Waals surface area contributed by atoms with Crippen molar-refractivity contribution in [1.29, 1.82) is 0 Å². The fraction of sp³-hybridized carbons (Fsp3) is 0.478. The number of amides is 3. The number of urea groups is 1. The number of aromatic nitrogens is 2. The highest BCUT2D eigenvalue weighted by Crippen LogP contribution is 2.30. The van der Waals surface area contributed by atoms with E-state index in [4.69, 9.17) is 14.7 Å². The molecule has 0 unspecified atom stereocenters. The van der Waals surface area contributed by atoms with Crippen molar-refractivity contribution in [1.82, 2.24) is 20.2 Å². The third-order valence-electron chi connectivity index (χ3n) is 5.75. The van der Waals surface area contributed by atoms with Crippen molar-refractivity contribution in [3.05, 3.63) is 35.5 Å². The Balaban J connectivity index is 1.67. The summed E-state index contributed by atoms with van der Waals surface area (Å²) in [6.07, 6.45) is 1.70. The maximum atomic E-state index is 12.0. The van der Waals surface area contributed by atoms with Gasteiger partial charge in [-0.25, -0.2) is 14.8 Å². The van der Waals surface area contributed by atoms with E-state index in [0.717, 1.165) is 55.2 Å². The van der Waals surface area contributed by atoms with Crippen molar-refractivity contribution in [2.45, 2.75) is 33.2 Å². The summed E-state index contributed by atoms with van der Waals surface area (Å²) in [7, 11) is 0. The highest BCUT2D eigenvalue weighted by molar-refractivity contribution is 5.89. The molecule has 3 amide bonds. The van der Waals surface area contributed by atoms with Crippen molar-refractivity contribution in [3.63, 3.8) is 0 Å². The van der Waals surface area contributed by atoms with Crippen LogP contribution in [-0.4, -0.2) is 66.2 Å². The first-order valence-electron chi connectivity index (χ1n) is 11.2. The monoisotopic (exact) mass is 438 g/mol. The summed E-state index contributed by atoms with van der Waals surface area (Å²) >= 11 is 0. The number of benzene rings is 1. The normalized spacial score (nSPS) is 16.2. The number of nitrogens with one attached hydrogen (secondary N) is 2. The first-order valence-corrected chi connectivity index (χ1v) is 11.2. The number of carbonyl (C=O) groups is 2. The maximum absolute atomic E-state index is 12.0. The zero-order chi connectivity index (χ0) is 22.5. The van der Waals surface area contributed by atoms with Gasteiger partial charge < -0.3 is 25.2 Å². The minimum Gasteiger partial charge on any atom is -0.380 e. The van der Waals surface area contributed by atoms with Crippen LogP contribution in [0.1, 0.15) is 31.5 Å². The highest BCUT2D eigenvalue weighted by atomic mass is 16.5. The molecule has 1 aromatic carbocycles. The first-order chi connectivity index (χ1) is 15.5. The molecular formula is C23H30N6O3. The van der Waals surface area contributed by atoms with Crippen molar-refractivity contribution < 1.29 is 14.3 Å². The fourth-order valence-electron chi connectivity index (χ4n) is 4.07.